The van der Waals surface area contributed by atoms with Gasteiger partial charge in [-0.3, -0.25) is 9.69 Å². The summed E-state index contributed by atoms with van der Waals surface area (Å²) < 4.78 is 18.4. The van der Waals surface area contributed by atoms with Gasteiger partial charge in [0.2, 0.25) is 0 Å². The maximum atomic E-state index is 13.1. The summed E-state index contributed by atoms with van der Waals surface area (Å²) in [5.74, 6) is 2.12. The number of benzene rings is 2. The highest BCUT2D eigenvalue weighted by molar-refractivity contribution is 8.18. The van der Waals surface area contributed by atoms with Crippen molar-refractivity contribution in [3.63, 3.8) is 0 Å². The van der Waals surface area contributed by atoms with Crippen molar-refractivity contribution in [3.05, 3.63) is 62.7 Å². The topological polar surface area (TPSA) is 41.9 Å². The third kappa shape index (κ3) is 4.94. The summed E-state index contributed by atoms with van der Waals surface area (Å²) in [6.45, 7) is 2.35. The Balaban J connectivity index is 1.91. The van der Waals surface area contributed by atoms with Gasteiger partial charge in [0.1, 0.15) is 12.4 Å². The number of halogens is 3. The van der Waals surface area contributed by atoms with Gasteiger partial charge in [-0.15, -0.1) is 6.42 Å². The standard InChI is InChI=1S/C21H15Cl2FN2O2S/c1-3-9-28-19-16(22)10-13(11-17(19)23)12-18-20(27)26(4-2)21(29-18)25-15-7-5-14(24)6-8-15/h1,5-8,10-12H,4,9H2,2H3/b18-12+,25-21?. The van der Waals surface area contributed by atoms with Crippen LogP contribution in [0.1, 0.15) is 12.5 Å². The van der Waals surface area contributed by atoms with Crippen LogP contribution in [0.4, 0.5) is 10.1 Å². The molecular formula is C21H15Cl2FN2O2S. The lowest BCUT2D eigenvalue weighted by Gasteiger charge is -2.12. The SMILES string of the molecule is C#CCOc1c(Cl)cc(/C=C2/SC(=Nc3ccc(F)cc3)N(CC)C2=O)cc1Cl. The number of terminal acetylenes is 1. The van der Waals surface area contributed by atoms with Crippen molar-refractivity contribution in [2.45, 2.75) is 6.92 Å². The molecule has 1 saturated heterocycles. The number of hydrogen-bond donors (Lipinski definition) is 0. The molecule has 4 nitrogen and oxygen atoms in total. The Morgan fingerprint density at radius 3 is 2.52 bits per heavy atom. The maximum Gasteiger partial charge on any atom is 0.266 e. The third-order valence-electron chi connectivity index (χ3n) is 3.87. The fraction of sp³-hybridized carbons (Fsp3) is 0.143. The number of carbonyl (C=O) groups is 1. The normalized spacial score (nSPS) is 16.5. The molecule has 0 spiro atoms. The zero-order chi connectivity index (χ0) is 21.0. The largest absolute Gasteiger partial charge is 0.478 e. The van der Waals surface area contributed by atoms with E-state index in [1.807, 2.05) is 6.92 Å². The molecule has 0 bridgehead atoms. The first-order valence-corrected chi connectivity index (χ1v) is 10.1. The molecule has 1 heterocycles. The minimum absolute atomic E-state index is 0.0445. The summed E-state index contributed by atoms with van der Waals surface area (Å²) in [4.78, 5) is 19.2. The van der Waals surface area contributed by atoms with Crippen LogP contribution in [-0.2, 0) is 4.79 Å². The molecule has 0 unspecified atom stereocenters. The second kappa shape index (κ2) is 9.36. The van der Waals surface area contributed by atoms with E-state index in [-0.39, 0.29) is 18.3 Å². The molecule has 0 aliphatic carbocycles. The van der Waals surface area contributed by atoms with E-state index in [1.165, 1.54) is 23.9 Å². The molecule has 3 rings (SSSR count). The van der Waals surface area contributed by atoms with E-state index in [1.54, 1.807) is 35.2 Å². The summed E-state index contributed by atoms with van der Waals surface area (Å²) in [5, 5.41) is 1.10. The van der Waals surface area contributed by atoms with Crippen molar-refractivity contribution >= 4 is 57.8 Å². The summed E-state index contributed by atoms with van der Waals surface area (Å²) in [5.41, 5.74) is 1.20. The Hall–Kier alpha value is -2.46. The molecule has 0 atom stereocenters. The molecule has 2 aromatic rings. The number of amides is 1. The highest BCUT2D eigenvalue weighted by atomic mass is 35.5. The summed E-state index contributed by atoms with van der Waals surface area (Å²) in [6.07, 6.45) is 6.87. The number of likely N-dealkylation sites (N-methyl/N-ethyl adjacent to an activating group) is 1. The number of aliphatic imine (C=N–C) groups is 1. The number of ether oxygens (including phenoxy) is 1. The van der Waals surface area contributed by atoms with Gasteiger partial charge in [0.05, 0.1) is 20.6 Å². The minimum atomic E-state index is -0.347. The molecule has 8 heteroatoms. The molecule has 148 valence electrons. The van der Waals surface area contributed by atoms with Crippen molar-refractivity contribution in [3.8, 4) is 18.1 Å². The molecule has 1 aliphatic heterocycles. The first kappa shape index (κ1) is 21.3. The fourth-order valence-corrected chi connectivity index (χ4v) is 4.24. The number of nitrogens with zero attached hydrogens (tertiary/aromatic N) is 2. The molecule has 29 heavy (non-hydrogen) atoms. The molecule has 1 amide bonds. The van der Waals surface area contributed by atoms with Gasteiger partial charge in [-0.1, -0.05) is 29.1 Å². The zero-order valence-corrected chi connectivity index (χ0v) is 17.6. The maximum absolute atomic E-state index is 13.1. The van der Waals surface area contributed by atoms with Crippen LogP contribution < -0.4 is 4.74 Å². The Labute approximate surface area is 182 Å². The van der Waals surface area contributed by atoms with Crippen LogP contribution in [0.15, 0.2) is 46.3 Å². The highest BCUT2D eigenvalue weighted by Gasteiger charge is 2.32. The Kier molecular flexibility index (Phi) is 6.86. The number of thioether (sulfide) groups is 1. The fourth-order valence-electron chi connectivity index (χ4n) is 2.56. The third-order valence-corrected chi connectivity index (χ3v) is 5.44. The molecule has 0 radical (unpaired) electrons. The van der Waals surface area contributed by atoms with Crippen LogP contribution in [0.5, 0.6) is 5.75 Å². The molecule has 0 N–H and O–H groups in total. The van der Waals surface area contributed by atoms with Crippen LogP contribution in [0, 0.1) is 18.2 Å². The molecular weight excluding hydrogens is 434 g/mol. The van der Waals surface area contributed by atoms with Crippen LogP contribution >= 0.6 is 35.0 Å². The van der Waals surface area contributed by atoms with E-state index >= 15 is 0 Å². The number of amidine groups is 1. The van der Waals surface area contributed by atoms with Gasteiger partial charge in [-0.25, -0.2) is 9.38 Å². The predicted octanol–water partition coefficient (Wildman–Crippen LogP) is 5.77. The Bertz CT molecular complexity index is 1020. The van der Waals surface area contributed by atoms with Crippen molar-refractivity contribution < 1.29 is 13.9 Å². The van der Waals surface area contributed by atoms with Crippen LogP contribution in [-0.4, -0.2) is 29.1 Å². The van der Waals surface area contributed by atoms with Crippen LogP contribution in [0.25, 0.3) is 6.08 Å². The Morgan fingerprint density at radius 2 is 1.93 bits per heavy atom. The average Bonchev–Trinajstić information content (AvgIpc) is 2.97. The lowest BCUT2D eigenvalue weighted by Crippen LogP contribution is -2.28. The van der Waals surface area contributed by atoms with Crippen LogP contribution in [0.2, 0.25) is 10.0 Å². The highest BCUT2D eigenvalue weighted by Crippen LogP contribution is 2.38. The first-order chi connectivity index (χ1) is 13.9. The van der Waals surface area contributed by atoms with Gasteiger partial charge in [0.25, 0.3) is 5.91 Å². The average molecular weight is 449 g/mol. The number of carbonyl (C=O) groups excluding carboxylic acids is 1. The monoisotopic (exact) mass is 448 g/mol. The van der Waals surface area contributed by atoms with E-state index in [2.05, 4.69) is 10.9 Å². The van der Waals surface area contributed by atoms with E-state index in [0.29, 0.717) is 43.7 Å². The molecule has 0 saturated carbocycles. The summed E-state index contributed by atoms with van der Waals surface area (Å²) >= 11 is 13.7. The van der Waals surface area contributed by atoms with Crippen molar-refractivity contribution in [1.29, 1.82) is 0 Å². The van der Waals surface area contributed by atoms with Gasteiger partial charge in [-0.2, -0.15) is 0 Å². The van der Waals surface area contributed by atoms with E-state index < -0.39 is 0 Å². The Morgan fingerprint density at radius 1 is 1.28 bits per heavy atom. The number of rotatable bonds is 5. The predicted molar refractivity (Wildman–Crippen MR) is 117 cm³/mol. The van der Waals surface area contributed by atoms with Gasteiger partial charge >= 0.3 is 0 Å². The van der Waals surface area contributed by atoms with Gasteiger partial charge in [-0.05, 0) is 66.7 Å². The first-order valence-electron chi connectivity index (χ1n) is 8.54. The smallest absolute Gasteiger partial charge is 0.266 e. The zero-order valence-electron chi connectivity index (χ0n) is 15.3. The van der Waals surface area contributed by atoms with Gasteiger partial charge < -0.3 is 4.74 Å². The molecule has 0 aromatic heterocycles. The van der Waals surface area contributed by atoms with Gasteiger partial charge in [0.15, 0.2) is 10.9 Å². The molecule has 1 aliphatic rings. The van der Waals surface area contributed by atoms with Crippen LogP contribution in [0.3, 0.4) is 0 Å². The summed E-state index contributed by atoms with van der Waals surface area (Å²) in [6, 6.07) is 9.04. The number of hydrogen-bond acceptors (Lipinski definition) is 4. The van der Waals surface area contributed by atoms with Gasteiger partial charge in [0, 0.05) is 6.54 Å². The van der Waals surface area contributed by atoms with Crippen molar-refractivity contribution in [2.75, 3.05) is 13.2 Å². The van der Waals surface area contributed by atoms with E-state index in [0.717, 1.165) is 0 Å². The van der Waals surface area contributed by atoms with Crippen molar-refractivity contribution in [2.24, 2.45) is 4.99 Å². The lowest BCUT2D eigenvalue weighted by atomic mass is 10.2. The second-order valence-corrected chi connectivity index (χ2v) is 7.66. The van der Waals surface area contributed by atoms with Crippen molar-refractivity contribution in [1.82, 2.24) is 4.90 Å². The minimum Gasteiger partial charge on any atom is -0.478 e. The summed E-state index contributed by atoms with van der Waals surface area (Å²) in [7, 11) is 0. The quantitative estimate of drug-likeness (QED) is 0.430. The lowest BCUT2D eigenvalue weighted by molar-refractivity contribution is -0.122. The second-order valence-electron chi connectivity index (χ2n) is 5.84. The molecule has 2 aromatic carbocycles. The molecule has 1 fully saturated rings. The van der Waals surface area contributed by atoms with E-state index in [9.17, 15) is 9.18 Å². The van der Waals surface area contributed by atoms with E-state index in [4.69, 9.17) is 34.4 Å².